The molecule has 0 N–H and O–H groups in total. The van der Waals surface area contributed by atoms with E-state index in [0.29, 0.717) is 48.9 Å². The van der Waals surface area contributed by atoms with E-state index < -0.39 is 10.0 Å². The second-order valence-electron chi connectivity index (χ2n) is 7.04. The van der Waals surface area contributed by atoms with E-state index in [-0.39, 0.29) is 11.9 Å². The number of aryl methyl sites for hydroxylation is 1. The number of hydrogen-bond acceptors (Lipinski definition) is 4. The predicted octanol–water partition coefficient (Wildman–Crippen LogP) is 3.84. The van der Waals surface area contributed by atoms with Crippen LogP contribution in [0.4, 0.5) is 0 Å². The first-order valence-corrected chi connectivity index (χ1v) is 11.2. The van der Waals surface area contributed by atoms with Gasteiger partial charge in [-0.2, -0.15) is 4.31 Å². The van der Waals surface area contributed by atoms with Crippen molar-refractivity contribution in [2.24, 2.45) is 5.92 Å². The molecule has 1 saturated heterocycles. The lowest BCUT2D eigenvalue weighted by Gasteiger charge is -2.30. The number of sulfonamides is 1. The molecule has 150 valence electrons. The lowest BCUT2D eigenvalue weighted by Crippen LogP contribution is -2.40. The maximum absolute atomic E-state index is 12.7. The van der Waals surface area contributed by atoms with Gasteiger partial charge < -0.3 is 4.74 Å². The summed E-state index contributed by atoms with van der Waals surface area (Å²) in [5.74, 6) is -0.504. The fourth-order valence-electron chi connectivity index (χ4n) is 3.23. The van der Waals surface area contributed by atoms with Gasteiger partial charge in [0.15, 0.2) is 0 Å². The second-order valence-corrected chi connectivity index (χ2v) is 9.41. The Morgan fingerprint density at radius 3 is 2.29 bits per heavy atom. The number of carbonyl (C=O) groups excluding carboxylic acids is 1. The van der Waals surface area contributed by atoms with Gasteiger partial charge in [-0.3, -0.25) is 4.79 Å². The lowest BCUT2D eigenvalue weighted by molar-refractivity contribution is -0.149. The zero-order chi connectivity index (χ0) is 20.1. The van der Waals surface area contributed by atoms with Gasteiger partial charge in [0, 0.05) is 24.5 Å². The van der Waals surface area contributed by atoms with Crippen molar-refractivity contribution in [3.05, 3.63) is 64.7 Å². The molecule has 3 rings (SSSR count). The molecule has 0 aliphatic carbocycles. The van der Waals surface area contributed by atoms with Crippen molar-refractivity contribution < 1.29 is 17.9 Å². The molecule has 0 saturated carbocycles. The average molecular weight is 422 g/mol. The summed E-state index contributed by atoms with van der Waals surface area (Å²) >= 11 is 5.86. The molecule has 7 heteroatoms. The van der Waals surface area contributed by atoms with Crippen molar-refractivity contribution in [1.82, 2.24) is 4.31 Å². The van der Waals surface area contributed by atoms with Crippen LogP contribution in [0.25, 0.3) is 0 Å². The molecule has 0 spiro atoms. The van der Waals surface area contributed by atoms with Gasteiger partial charge >= 0.3 is 5.97 Å². The summed E-state index contributed by atoms with van der Waals surface area (Å²) in [6.07, 6.45) is 1.58. The van der Waals surface area contributed by atoms with E-state index in [4.69, 9.17) is 16.3 Å². The van der Waals surface area contributed by atoms with Gasteiger partial charge in [-0.15, -0.1) is 0 Å². The van der Waals surface area contributed by atoms with Crippen LogP contribution in [-0.2, 0) is 26.0 Å². The first-order chi connectivity index (χ1) is 13.4. The third-order valence-corrected chi connectivity index (χ3v) is 7.16. The van der Waals surface area contributed by atoms with Crippen molar-refractivity contribution in [3.63, 3.8) is 0 Å². The molecule has 0 unspecified atom stereocenters. The fourth-order valence-corrected chi connectivity index (χ4v) is 4.83. The van der Waals surface area contributed by atoms with Gasteiger partial charge in [-0.25, -0.2) is 8.42 Å². The second kappa shape index (κ2) is 9.07. The molecule has 0 aromatic heterocycles. The smallest absolute Gasteiger partial charge is 0.309 e. The molecule has 0 amide bonds. The summed E-state index contributed by atoms with van der Waals surface area (Å²) in [5.41, 5.74) is 2.07. The summed E-state index contributed by atoms with van der Waals surface area (Å²) in [4.78, 5) is 12.6. The topological polar surface area (TPSA) is 63.7 Å². The van der Waals surface area contributed by atoms with Gasteiger partial charge in [0.2, 0.25) is 10.0 Å². The van der Waals surface area contributed by atoms with E-state index in [1.807, 2.05) is 31.2 Å². The van der Waals surface area contributed by atoms with Crippen molar-refractivity contribution in [2.75, 3.05) is 19.7 Å². The standard InChI is InChI=1S/C21H24ClNO4S/c1-16-2-8-20(9-3-16)28(25,26)23-13-10-18(11-14-23)21(24)27-15-12-17-4-6-19(22)7-5-17/h2-9,18H,10-15H2,1H3. The molecule has 28 heavy (non-hydrogen) atoms. The summed E-state index contributed by atoms with van der Waals surface area (Å²) in [6.45, 7) is 2.88. The summed E-state index contributed by atoms with van der Waals surface area (Å²) in [5, 5.41) is 0.674. The zero-order valence-electron chi connectivity index (χ0n) is 15.8. The van der Waals surface area contributed by atoms with Crippen molar-refractivity contribution in [2.45, 2.75) is 31.1 Å². The van der Waals surface area contributed by atoms with Gasteiger partial charge in [0.05, 0.1) is 17.4 Å². The Balaban J connectivity index is 1.48. The molecule has 0 atom stereocenters. The minimum Gasteiger partial charge on any atom is -0.465 e. The van der Waals surface area contributed by atoms with Crippen LogP contribution in [0.5, 0.6) is 0 Å². The third-order valence-electron chi connectivity index (χ3n) is 4.99. The van der Waals surface area contributed by atoms with Crippen molar-refractivity contribution in [1.29, 1.82) is 0 Å². The van der Waals surface area contributed by atoms with Crippen LogP contribution in [0.1, 0.15) is 24.0 Å². The summed E-state index contributed by atoms with van der Waals surface area (Å²) in [7, 11) is -3.51. The van der Waals surface area contributed by atoms with Crippen molar-refractivity contribution >= 4 is 27.6 Å². The third kappa shape index (κ3) is 5.13. The van der Waals surface area contributed by atoms with Crippen LogP contribution in [0.3, 0.4) is 0 Å². The number of hydrogen-bond donors (Lipinski definition) is 0. The molecule has 2 aromatic carbocycles. The van der Waals surface area contributed by atoms with Crippen LogP contribution in [0.2, 0.25) is 5.02 Å². The lowest BCUT2D eigenvalue weighted by atomic mass is 9.98. The first-order valence-electron chi connectivity index (χ1n) is 9.34. The zero-order valence-corrected chi connectivity index (χ0v) is 17.4. The van der Waals surface area contributed by atoms with E-state index >= 15 is 0 Å². The average Bonchev–Trinajstić information content (AvgIpc) is 2.70. The Morgan fingerprint density at radius 2 is 1.68 bits per heavy atom. The Hall–Kier alpha value is -1.89. The molecule has 2 aromatic rings. The highest BCUT2D eigenvalue weighted by atomic mass is 35.5. The number of rotatable bonds is 6. The van der Waals surface area contributed by atoms with Gasteiger partial charge in [0.1, 0.15) is 0 Å². The van der Waals surface area contributed by atoms with Crippen LogP contribution in [0, 0.1) is 12.8 Å². The van der Waals surface area contributed by atoms with Crippen LogP contribution in [0.15, 0.2) is 53.4 Å². The molecular formula is C21H24ClNO4S. The van der Waals surface area contributed by atoms with Gasteiger partial charge in [-0.05, 0) is 49.6 Å². The first kappa shape index (κ1) is 20.8. The SMILES string of the molecule is Cc1ccc(S(=O)(=O)N2CCC(C(=O)OCCc3ccc(Cl)cc3)CC2)cc1. The molecule has 1 heterocycles. The quantitative estimate of drug-likeness (QED) is 0.665. The number of carbonyl (C=O) groups is 1. The Kier molecular flexibility index (Phi) is 6.75. The molecule has 1 aliphatic heterocycles. The monoisotopic (exact) mass is 421 g/mol. The molecular weight excluding hydrogens is 398 g/mol. The largest absolute Gasteiger partial charge is 0.465 e. The molecule has 0 radical (unpaired) electrons. The fraction of sp³-hybridized carbons (Fsp3) is 0.381. The van der Waals surface area contributed by atoms with E-state index in [1.54, 1.807) is 24.3 Å². The predicted molar refractivity (Wildman–Crippen MR) is 109 cm³/mol. The molecule has 1 fully saturated rings. The highest BCUT2D eigenvalue weighted by Gasteiger charge is 2.32. The number of esters is 1. The van der Waals surface area contributed by atoms with Crippen LogP contribution < -0.4 is 0 Å². The normalized spacial score (nSPS) is 16.1. The van der Waals surface area contributed by atoms with E-state index in [1.165, 1.54) is 4.31 Å². The molecule has 0 bridgehead atoms. The highest BCUT2D eigenvalue weighted by Crippen LogP contribution is 2.25. The molecule has 5 nitrogen and oxygen atoms in total. The minimum atomic E-state index is -3.51. The number of benzene rings is 2. The van der Waals surface area contributed by atoms with E-state index in [0.717, 1.165) is 11.1 Å². The van der Waals surface area contributed by atoms with Crippen molar-refractivity contribution in [3.8, 4) is 0 Å². The van der Waals surface area contributed by atoms with Crippen LogP contribution >= 0.6 is 11.6 Å². The summed E-state index contributed by atoms with van der Waals surface area (Å²) < 4.78 is 32.3. The Labute approximate surface area is 171 Å². The van der Waals surface area contributed by atoms with Crippen LogP contribution in [-0.4, -0.2) is 38.4 Å². The number of ether oxygens (including phenoxy) is 1. The molecule has 1 aliphatic rings. The number of nitrogens with zero attached hydrogens (tertiary/aromatic N) is 1. The Morgan fingerprint density at radius 1 is 1.07 bits per heavy atom. The maximum atomic E-state index is 12.7. The Bertz CT molecular complexity index is 902. The number of halogens is 1. The van der Waals surface area contributed by atoms with E-state index in [9.17, 15) is 13.2 Å². The van der Waals surface area contributed by atoms with Gasteiger partial charge in [-0.1, -0.05) is 41.4 Å². The minimum absolute atomic E-state index is 0.249. The number of piperidine rings is 1. The summed E-state index contributed by atoms with van der Waals surface area (Å²) in [6, 6.07) is 14.3. The van der Waals surface area contributed by atoms with E-state index in [2.05, 4.69) is 0 Å². The van der Waals surface area contributed by atoms with Gasteiger partial charge in [0.25, 0.3) is 0 Å². The highest BCUT2D eigenvalue weighted by molar-refractivity contribution is 7.89. The maximum Gasteiger partial charge on any atom is 0.309 e.